The largest absolute Gasteiger partial charge is 0.488 e. The van der Waals surface area contributed by atoms with E-state index in [1.54, 1.807) is 24.3 Å². The Morgan fingerprint density at radius 3 is 2.46 bits per heavy atom. The predicted octanol–water partition coefficient (Wildman–Crippen LogP) is 4.68. The van der Waals surface area contributed by atoms with E-state index in [-0.39, 0.29) is 5.91 Å². The van der Waals surface area contributed by atoms with Gasteiger partial charge in [0.1, 0.15) is 12.4 Å². The Bertz CT molecular complexity index is 911. The van der Waals surface area contributed by atoms with Crippen LogP contribution in [0.15, 0.2) is 84.0 Å². The summed E-state index contributed by atoms with van der Waals surface area (Å²) in [6, 6.07) is 24.1. The molecule has 3 rings (SSSR count). The van der Waals surface area contributed by atoms with E-state index >= 15 is 0 Å². The third kappa shape index (κ3) is 4.71. The number of hydrogen-bond acceptors (Lipinski definition) is 3. The van der Waals surface area contributed by atoms with E-state index in [0.717, 1.165) is 11.1 Å². The first kappa shape index (κ1) is 17.7. The van der Waals surface area contributed by atoms with Gasteiger partial charge in [0.25, 0.3) is 5.91 Å². The molecular formula is C21H17ClN2O2. The zero-order chi connectivity index (χ0) is 18.2. The maximum atomic E-state index is 12.4. The van der Waals surface area contributed by atoms with Crippen LogP contribution in [0.5, 0.6) is 5.75 Å². The second-order valence-corrected chi connectivity index (χ2v) is 5.90. The Hall–Kier alpha value is -3.11. The molecule has 0 unspecified atom stereocenters. The smallest absolute Gasteiger partial charge is 0.275 e. The molecule has 0 aromatic heterocycles. The SMILES string of the molecule is O=C(N/N=C\c1ccccc1Cl)c1ccccc1OCc1ccccc1. The van der Waals surface area contributed by atoms with Crippen molar-refractivity contribution in [2.24, 2.45) is 5.10 Å². The van der Waals surface area contributed by atoms with Crippen molar-refractivity contribution in [3.05, 3.63) is 101 Å². The van der Waals surface area contributed by atoms with Crippen LogP contribution in [0, 0.1) is 0 Å². The molecule has 4 nitrogen and oxygen atoms in total. The molecule has 0 atom stereocenters. The van der Waals surface area contributed by atoms with Gasteiger partial charge in [-0.05, 0) is 23.8 Å². The number of carbonyl (C=O) groups is 1. The van der Waals surface area contributed by atoms with Gasteiger partial charge >= 0.3 is 0 Å². The van der Waals surface area contributed by atoms with Gasteiger partial charge in [0.05, 0.1) is 11.8 Å². The molecule has 130 valence electrons. The second kappa shape index (κ2) is 8.83. The van der Waals surface area contributed by atoms with Crippen molar-refractivity contribution in [2.75, 3.05) is 0 Å². The van der Waals surface area contributed by atoms with Crippen molar-refractivity contribution in [1.82, 2.24) is 5.43 Å². The molecule has 0 heterocycles. The van der Waals surface area contributed by atoms with Crippen LogP contribution in [-0.4, -0.2) is 12.1 Å². The number of hydrazone groups is 1. The Morgan fingerprint density at radius 1 is 0.962 bits per heavy atom. The van der Waals surface area contributed by atoms with Gasteiger partial charge in [-0.3, -0.25) is 4.79 Å². The molecule has 0 fully saturated rings. The van der Waals surface area contributed by atoms with Gasteiger partial charge in [-0.15, -0.1) is 0 Å². The number of nitrogens with one attached hydrogen (secondary N) is 1. The fourth-order valence-electron chi connectivity index (χ4n) is 2.32. The summed E-state index contributed by atoms with van der Waals surface area (Å²) < 4.78 is 5.79. The molecule has 1 N–H and O–H groups in total. The molecule has 3 aromatic rings. The summed E-state index contributed by atoms with van der Waals surface area (Å²) in [7, 11) is 0. The second-order valence-electron chi connectivity index (χ2n) is 5.49. The topological polar surface area (TPSA) is 50.7 Å². The summed E-state index contributed by atoms with van der Waals surface area (Å²) in [5, 5.41) is 4.54. The lowest BCUT2D eigenvalue weighted by molar-refractivity contribution is 0.0950. The van der Waals surface area contributed by atoms with Gasteiger partial charge in [0, 0.05) is 10.6 Å². The average molecular weight is 365 g/mol. The number of ether oxygens (including phenoxy) is 1. The average Bonchev–Trinajstić information content (AvgIpc) is 2.69. The minimum Gasteiger partial charge on any atom is -0.488 e. The number of halogens is 1. The van der Waals surface area contributed by atoms with Crippen molar-refractivity contribution in [3.63, 3.8) is 0 Å². The van der Waals surface area contributed by atoms with E-state index in [2.05, 4.69) is 10.5 Å². The first-order valence-corrected chi connectivity index (χ1v) is 8.45. The highest BCUT2D eigenvalue weighted by Crippen LogP contribution is 2.19. The highest BCUT2D eigenvalue weighted by atomic mass is 35.5. The van der Waals surface area contributed by atoms with Gasteiger partial charge in [-0.25, -0.2) is 5.43 Å². The molecule has 0 saturated carbocycles. The van der Waals surface area contributed by atoms with Gasteiger partial charge in [0.2, 0.25) is 0 Å². The normalized spacial score (nSPS) is 10.7. The predicted molar refractivity (Wildman–Crippen MR) is 104 cm³/mol. The molecular weight excluding hydrogens is 348 g/mol. The van der Waals surface area contributed by atoms with Gasteiger partial charge in [0.15, 0.2) is 0 Å². The van der Waals surface area contributed by atoms with Crippen LogP contribution >= 0.6 is 11.6 Å². The number of para-hydroxylation sites is 1. The summed E-state index contributed by atoms with van der Waals surface area (Å²) in [5.74, 6) is 0.152. The summed E-state index contributed by atoms with van der Waals surface area (Å²) in [5.41, 5.74) is 4.67. The summed E-state index contributed by atoms with van der Waals surface area (Å²) in [6.45, 7) is 0.383. The maximum absolute atomic E-state index is 12.4. The monoisotopic (exact) mass is 364 g/mol. The number of hydrogen-bond donors (Lipinski definition) is 1. The van der Waals surface area contributed by atoms with Crippen LogP contribution in [0.1, 0.15) is 21.5 Å². The number of carbonyl (C=O) groups excluding carboxylic acids is 1. The van der Waals surface area contributed by atoms with Crippen LogP contribution in [0.25, 0.3) is 0 Å². The van der Waals surface area contributed by atoms with E-state index in [4.69, 9.17) is 16.3 Å². The van der Waals surface area contributed by atoms with E-state index in [0.29, 0.717) is 22.9 Å². The van der Waals surface area contributed by atoms with Crippen molar-refractivity contribution < 1.29 is 9.53 Å². The molecule has 5 heteroatoms. The van der Waals surface area contributed by atoms with Crippen molar-refractivity contribution in [2.45, 2.75) is 6.61 Å². The van der Waals surface area contributed by atoms with Crippen LogP contribution in [-0.2, 0) is 6.61 Å². The van der Waals surface area contributed by atoms with E-state index in [1.165, 1.54) is 6.21 Å². The standard InChI is InChI=1S/C21H17ClN2O2/c22-19-12-6-4-10-17(19)14-23-24-21(25)18-11-5-7-13-20(18)26-15-16-8-2-1-3-9-16/h1-14H,15H2,(H,24,25)/b23-14-. The fourth-order valence-corrected chi connectivity index (χ4v) is 2.50. The van der Waals surface area contributed by atoms with Gasteiger partial charge in [-0.1, -0.05) is 72.3 Å². The Morgan fingerprint density at radius 2 is 1.65 bits per heavy atom. The molecule has 0 saturated heterocycles. The first-order chi connectivity index (χ1) is 12.7. The number of benzene rings is 3. The van der Waals surface area contributed by atoms with Gasteiger partial charge < -0.3 is 4.74 Å². The minimum atomic E-state index is -0.350. The Balaban J connectivity index is 1.67. The molecule has 0 spiro atoms. The molecule has 0 aliphatic heterocycles. The lowest BCUT2D eigenvalue weighted by Crippen LogP contribution is -2.18. The number of nitrogens with zero attached hydrogens (tertiary/aromatic N) is 1. The lowest BCUT2D eigenvalue weighted by atomic mass is 10.2. The highest BCUT2D eigenvalue weighted by Gasteiger charge is 2.11. The summed E-state index contributed by atoms with van der Waals surface area (Å²) in [4.78, 5) is 12.4. The highest BCUT2D eigenvalue weighted by molar-refractivity contribution is 6.33. The van der Waals surface area contributed by atoms with Gasteiger partial charge in [-0.2, -0.15) is 5.10 Å². The third-order valence-electron chi connectivity index (χ3n) is 3.64. The minimum absolute atomic E-state index is 0.350. The molecule has 26 heavy (non-hydrogen) atoms. The van der Waals surface area contributed by atoms with E-state index < -0.39 is 0 Å². The maximum Gasteiger partial charge on any atom is 0.275 e. The molecule has 3 aromatic carbocycles. The van der Waals surface area contributed by atoms with Crippen molar-refractivity contribution in [1.29, 1.82) is 0 Å². The zero-order valence-corrected chi connectivity index (χ0v) is 14.7. The van der Waals surface area contributed by atoms with Crippen LogP contribution in [0.2, 0.25) is 5.02 Å². The summed E-state index contributed by atoms with van der Waals surface area (Å²) in [6.07, 6.45) is 1.51. The molecule has 0 aliphatic rings. The van der Waals surface area contributed by atoms with E-state index in [1.807, 2.05) is 54.6 Å². The Labute approximate surface area is 157 Å². The molecule has 0 bridgehead atoms. The number of rotatable bonds is 6. The summed E-state index contributed by atoms with van der Waals surface area (Å²) >= 11 is 6.06. The Kier molecular flexibility index (Phi) is 6.01. The zero-order valence-electron chi connectivity index (χ0n) is 13.9. The lowest BCUT2D eigenvalue weighted by Gasteiger charge is -2.10. The molecule has 0 radical (unpaired) electrons. The molecule has 1 amide bonds. The van der Waals surface area contributed by atoms with Crippen molar-refractivity contribution in [3.8, 4) is 5.75 Å². The quantitative estimate of drug-likeness (QED) is 0.510. The van der Waals surface area contributed by atoms with Crippen LogP contribution in [0.4, 0.5) is 0 Å². The van der Waals surface area contributed by atoms with E-state index in [9.17, 15) is 4.79 Å². The van der Waals surface area contributed by atoms with Crippen LogP contribution in [0.3, 0.4) is 0 Å². The first-order valence-electron chi connectivity index (χ1n) is 8.08. The van der Waals surface area contributed by atoms with Crippen LogP contribution < -0.4 is 10.2 Å². The number of amides is 1. The van der Waals surface area contributed by atoms with Crippen molar-refractivity contribution >= 4 is 23.7 Å². The third-order valence-corrected chi connectivity index (χ3v) is 3.99. The fraction of sp³-hybridized carbons (Fsp3) is 0.0476. The molecule has 0 aliphatic carbocycles.